The van der Waals surface area contributed by atoms with E-state index in [0.717, 1.165) is 52.9 Å². The maximum Gasteiger partial charge on any atom is 0.364 e. The van der Waals surface area contributed by atoms with E-state index in [1.54, 1.807) is 0 Å². The Hall–Kier alpha value is -0.395. The normalized spacial score (nSPS) is 48.8. The van der Waals surface area contributed by atoms with Crippen molar-refractivity contribution in [2.45, 2.75) is 85.8 Å². The second-order valence-electron chi connectivity index (χ2n) is 11.5. The molecule has 0 radical (unpaired) electrons. The van der Waals surface area contributed by atoms with Crippen LogP contribution in [-0.4, -0.2) is 6.92 Å². The van der Waals surface area contributed by atoms with Crippen LogP contribution in [0.5, 0.6) is 0 Å². The summed E-state index contributed by atoms with van der Waals surface area (Å²) in [6, 6.07) is 0. The van der Waals surface area contributed by atoms with E-state index in [1.807, 2.05) is 0 Å². The van der Waals surface area contributed by atoms with Crippen LogP contribution in [0.15, 0.2) is 12.3 Å². The van der Waals surface area contributed by atoms with Gasteiger partial charge < -0.3 is 4.65 Å². The van der Waals surface area contributed by atoms with Crippen LogP contribution in [0.2, 0.25) is 11.6 Å². The lowest BCUT2D eigenvalue weighted by molar-refractivity contribution is -0.110. The molecule has 8 atom stereocenters. The molecule has 6 rings (SSSR count). The van der Waals surface area contributed by atoms with Crippen LogP contribution in [0.4, 0.5) is 0 Å². The van der Waals surface area contributed by atoms with Crippen molar-refractivity contribution in [2.24, 2.45) is 46.3 Å². The molecular weight excluding hydrogens is 303 g/mol. The molecule has 25 heavy (non-hydrogen) atoms. The average Bonchev–Trinajstić information content (AvgIpc) is 2.52. The summed E-state index contributed by atoms with van der Waals surface area (Å²) in [6.45, 7) is 21.7. The Morgan fingerprint density at radius 2 is 1.24 bits per heavy atom. The predicted molar refractivity (Wildman–Crippen MR) is 107 cm³/mol. The van der Waals surface area contributed by atoms with Crippen molar-refractivity contribution in [2.75, 3.05) is 0 Å². The van der Waals surface area contributed by atoms with Crippen LogP contribution in [-0.2, 0) is 4.65 Å². The third-order valence-corrected chi connectivity index (χ3v) is 10.0. The largest absolute Gasteiger partial charge is 0.564 e. The van der Waals surface area contributed by atoms with E-state index in [4.69, 9.17) is 4.65 Å². The van der Waals surface area contributed by atoms with Gasteiger partial charge in [-0.3, -0.25) is 0 Å². The summed E-state index contributed by atoms with van der Waals surface area (Å²) in [5.41, 5.74) is 1.12. The topological polar surface area (TPSA) is 9.23 Å². The van der Waals surface area contributed by atoms with Crippen molar-refractivity contribution in [3.05, 3.63) is 12.3 Å². The van der Waals surface area contributed by atoms with E-state index in [-0.39, 0.29) is 0 Å². The van der Waals surface area contributed by atoms with Gasteiger partial charge >= 0.3 is 6.92 Å². The molecule has 6 saturated carbocycles. The Kier molecular flexibility index (Phi) is 4.00. The summed E-state index contributed by atoms with van der Waals surface area (Å²) in [6.07, 6.45) is 5.68. The molecule has 0 N–H and O–H groups in total. The summed E-state index contributed by atoms with van der Waals surface area (Å²) >= 11 is 0. The van der Waals surface area contributed by atoms with E-state index in [9.17, 15) is 0 Å². The van der Waals surface area contributed by atoms with Crippen LogP contribution in [0, 0.1) is 46.3 Å². The molecule has 2 heteroatoms. The number of allylic oxidation sites excluding steroid dienone is 1. The molecule has 0 aromatic carbocycles. The van der Waals surface area contributed by atoms with Gasteiger partial charge in [0, 0.05) is 0 Å². The van der Waals surface area contributed by atoms with Gasteiger partial charge in [0.25, 0.3) is 0 Å². The van der Waals surface area contributed by atoms with Gasteiger partial charge in [0.05, 0.1) is 5.76 Å². The predicted octanol–water partition coefficient (Wildman–Crippen LogP) is 6.67. The highest BCUT2D eigenvalue weighted by molar-refractivity contribution is 6.56. The van der Waals surface area contributed by atoms with E-state index in [1.165, 1.54) is 25.7 Å². The minimum Gasteiger partial charge on any atom is -0.564 e. The van der Waals surface area contributed by atoms with Crippen molar-refractivity contribution < 1.29 is 4.65 Å². The Labute approximate surface area is 156 Å². The molecule has 0 aliphatic heterocycles. The molecule has 0 spiro atoms. The molecule has 0 amide bonds. The van der Waals surface area contributed by atoms with Crippen LogP contribution in [0.3, 0.4) is 0 Å². The second-order valence-corrected chi connectivity index (χ2v) is 11.5. The van der Waals surface area contributed by atoms with Gasteiger partial charge in [-0.05, 0) is 90.6 Å². The Balaban J connectivity index is 1.57. The Morgan fingerprint density at radius 1 is 0.840 bits per heavy atom. The summed E-state index contributed by atoms with van der Waals surface area (Å²) < 4.78 is 6.55. The van der Waals surface area contributed by atoms with Crippen LogP contribution < -0.4 is 0 Å². The monoisotopic (exact) mass is 342 g/mol. The van der Waals surface area contributed by atoms with Gasteiger partial charge in [0.2, 0.25) is 0 Å². The van der Waals surface area contributed by atoms with Crippen molar-refractivity contribution in [3.8, 4) is 0 Å². The number of fused-ring (bicyclic) bond motifs is 4. The standard InChI is InChI=1S/C23H39BO/c1-13(2)25-24(20-11-16-9-18(14(20)3)22(16,5)6)21-12-17-10-19(15(21)4)23(17,7)8/h14-21H,1,9-12H2,2-8H3/t14-,15-,16-,17-,18+,19+,20-,21-/m1/s1. The molecule has 0 saturated heterocycles. The van der Waals surface area contributed by atoms with E-state index in [2.05, 4.69) is 55.0 Å². The summed E-state index contributed by atoms with van der Waals surface area (Å²) in [4.78, 5) is 0. The molecule has 0 aromatic heterocycles. The van der Waals surface area contributed by atoms with Crippen molar-refractivity contribution >= 4 is 6.92 Å². The molecule has 0 heterocycles. The molecule has 0 unspecified atom stereocenters. The molecule has 6 aliphatic rings. The Bertz CT molecular complexity index is 522. The molecule has 0 aromatic rings. The maximum atomic E-state index is 6.55. The first-order chi connectivity index (χ1) is 11.5. The highest BCUT2D eigenvalue weighted by Gasteiger charge is 2.63. The van der Waals surface area contributed by atoms with E-state index in [0.29, 0.717) is 17.7 Å². The van der Waals surface area contributed by atoms with Crippen molar-refractivity contribution in [1.82, 2.24) is 0 Å². The first-order valence-electron chi connectivity index (χ1n) is 10.9. The van der Waals surface area contributed by atoms with E-state index < -0.39 is 0 Å². The molecule has 6 fully saturated rings. The highest BCUT2D eigenvalue weighted by atomic mass is 16.4. The number of rotatable bonds is 4. The molecule has 6 aliphatic carbocycles. The van der Waals surface area contributed by atoms with Gasteiger partial charge in [-0.2, -0.15) is 0 Å². The second kappa shape index (κ2) is 5.55. The average molecular weight is 342 g/mol. The SMILES string of the molecule is C=C(C)OB([C@@H]1C[C@H]2C[C@@H]([C@H]1C)C2(C)C)[C@@H]1C[C@H]2C[C@@H]([C@H]1C)C2(C)C. The lowest BCUT2D eigenvalue weighted by atomic mass is 9.27. The minimum atomic E-state index is 0.408. The molecule has 140 valence electrons. The summed E-state index contributed by atoms with van der Waals surface area (Å²) in [5.74, 6) is 7.63. The lowest BCUT2D eigenvalue weighted by Crippen LogP contribution is -2.60. The first kappa shape index (κ1) is 18.0. The number of hydrogen-bond donors (Lipinski definition) is 0. The summed E-state index contributed by atoms with van der Waals surface area (Å²) in [5, 5.41) is 0. The van der Waals surface area contributed by atoms with Crippen molar-refractivity contribution in [1.29, 1.82) is 0 Å². The van der Waals surface area contributed by atoms with Gasteiger partial charge in [0.15, 0.2) is 0 Å². The maximum absolute atomic E-state index is 6.55. The van der Waals surface area contributed by atoms with Crippen LogP contribution in [0.25, 0.3) is 0 Å². The molecular formula is C23H39BO. The first-order valence-corrected chi connectivity index (χ1v) is 10.9. The molecule has 4 bridgehead atoms. The summed E-state index contributed by atoms with van der Waals surface area (Å²) in [7, 11) is 0. The quantitative estimate of drug-likeness (QED) is 0.409. The smallest absolute Gasteiger partial charge is 0.364 e. The highest BCUT2D eigenvalue weighted by Crippen LogP contribution is 2.69. The fourth-order valence-corrected chi connectivity index (χ4v) is 7.97. The van der Waals surface area contributed by atoms with E-state index >= 15 is 0 Å². The zero-order valence-corrected chi connectivity index (χ0v) is 17.6. The fraction of sp³-hybridized carbons (Fsp3) is 0.913. The van der Waals surface area contributed by atoms with Gasteiger partial charge in [-0.1, -0.05) is 48.1 Å². The lowest BCUT2D eigenvalue weighted by Gasteiger charge is -2.65. The third kappa shape index (κ3) is 2.41. The van der Waals surface area contributed by atoms with Crippen molar-refractivity contribution in [3.63, 3.8) is 0 Å². The van der Waals surface area contributed by atoms with Gasteiger partial charge in [0.1, 0.15) is 0 Å². The molecule has 1 nitrogen and oxygen atoms in total. The fourth-order valence-electron chi connectivity index (χ4n) is 7.97. The number of hydrogen-bond acceptors (Lipinski definition) is 1. The minimum absolute atomic E-state index is 0.408. The zero-order chi connectivity index (χ0) is 18.3. The van der Waals surface area contributed by atoms with Gasteiger partial charge in [-0.15, -0.1) is 0 Å². The third-order valence-electron chi connectivity index (χ3n) is 10.0. The van der Waals surface area contributed by atoms with Crippen LogP contribution in [0.1, 0.15) is 74.1 Å². The van der Waals surface area contributed by atoms with Crippen LogP contribution >= 0.6 is 0 Å². The Morgan fingerprint density at radius 3 is 1.52 bits per heavy atom. The van der Waals surface area contributed by atoms with Gasteiger partial charge in [-0.25, -0.2) is 0 Å². The zero-order valence-electron chi connectivity index (χ0n) is 17.6.